The van der Waals surface area contributed by atoms with Crippen molar-refractivity contribution in [3.8, 4) is 0 Å². The standard InChI is InChI=1S/C20H18ClN5OS/c1-12(24-25-20(22)28)14-7-9-16(10-8-14)26-13(2)23-18(19(26)27)11-15-5-3-4-6-17(15)21/h3-11H,1-2H3,(H3,22,25,28)/b18-11+,24-12+. The molecule has 0 saturated heterocycles. The maximum Gasteiger partial charge on any atom is 0.282 e. The molecule has 0 fully saturated rings. The minimum absolute atomic E-state index is 0.100. The lowest BCUT2D eigenvalue weighted by molar-refractivity contribution is -0.113. The maximum absolute atomic E-state index is 12.9. The summed E-state index contributed by atoms with van der Waals surface area (Å²) in [6.07, 6.45) is 1.70. The van der Waals surface area contributed by atoms with Crippen LogP contribution in [0.15, 0.2) is 64.3 Å². The zero-order valence-electron chi connectivity index (χ0n) is 15.3. The highest BCUT2D eigenvalue weighted by Gasteiger charge is 2.29. The van der Waals surface area contributed by atoms with Crippen molar-refractivity contribution >= 4 is 58.1 Å². The van der Waals surface area contributed by atoms with E-state index in [1.165, 1.54) is 0 Å². The number of carbonyl (C=O) groups is 1. The van der Waals surface area contributed by atoms with Crippen LogP contribution in [0.25, 0.3) is 6.08 Å². The Bertz CT molecular complexity index is 1030. The molecule has 8 heteroatoms. The third kappa shape index (κ3) is 4.27. The molecule has 0 aromatic heterocycles. The van der Waals surface area contributed by atoms with Gasteiger partial charge in [-0.25, -0.2) is 4.99 Å². The van der Waals surface area contributed by atoms with Gasteiger partial charge in [0.05, 0.1) is 11.4 Å². The minimum Gasteiger partial charge on any atom is -0.375 e. The number of carbonyl (C=O) groups excluding carboxylic acids is 1. The van der Waals surface area contributed by atoms with Crippen LogP contribution in [-0.2, 0) is 4.79 Å². The molecule has 0 atom stereocenters. The van der Waals surface area contributed by atoms with E-state index in [2.05, 4.69) is 15.5 Å². The van der Waals surface area contributed by atoms with Crippen molar-refractivity contribution in [2.75, 3.05) is 4.90 Å². The van der Waals surface area contributed by atoms with E-state index in [0.717, 1.165) is 16.8 Å². The zero-order chi connectivity index (χ0) is 20.3. The van der Waals surface area contributed by atoms with Gasteiger partial charge in [0, 0.05) is 5.02 Å². The monoisotopic (exact) mass is 411 g/mol. The molecule has 1 aliphatic heterocycles. The molecular weight excluding hydrogens is 394 g/mol. The summed E-state index contributed by atoms with van der Waals surface area (Å²) in [6, 6.07) is 14.7. The summed E-state index contributed by atoms with van der Waals surface area (Å²) in [5, 5.41) is 4.76. The van der Waals surface area contributed by atoms with Gasteiger partial charge in [-0.15, -0.1) is 0 Å². The van der Waals surface area contributed by atoms with Crippen LogP contribution in [0.1, 0.15) is 25.0 Å². The predicted molar refractivity (Wildman–Crippen MR) is 119 cm³/mol. The number of nitrogens with two attached hydrogens (primary N) is 1. The molecule has 1 heterocycles. The van der Waals surface area contributed by atoms with Gasteiger partial charge in [-0.3, -0.25) is 15.1 Å². The number of aliphatic imine (C=N–C) groups is 1. The summed E-state index contributed by atoms with van der Waals surface area (Å²) in [6.45, 7) is 3.62. The van der Waals surface area contributed by atoms with Gasteiger partial charge < -0.3 is 5.73 Å². The number of hydrogen-bond donors (Lipinski definition) is 2. The van der Waals surface area contributed by atoms with Crippen LogP contribution >= 0.6 is 23.8 Å². The van der Waals surface area contributed by atoms with Crippen LogP contribution in [0.2, 0.25) is 5.02 Å². The molecule has 3 N–H and O–H groups in total. The molecule has 1 aliphatic rings. The maximum atomic E-state index is 12.9. The minimum atomic E-state index is -0.203. The van der Waals surface area contributed by atoms with E-state index in [9.17, 15) is 4.79 Å². The van der Waals surface area contributed by atoms with Crippen LogP contribution < -0.4 is 16.1 Å². The lowest BCUT2D eigenvalue weighted by Crippen LogP contribution is -2.30. The molecule has 0 radical (unpaired) electrons. The molecule has 28 heavy (non-hydrogen) atoms. The second-order valence-corrected chi connectivity index (χ2v) is 6.92. The number of amidine groups is 1. The first-order valence-electron chi connectivity index (χ1n) is 8.43. The van der Waals surface area contributed by atoms with Gasteiger partial charge in [0.2, 0.25) is 0 Å². The van der Waals surface area contributed by atoms with E-state index in [0.29, 0.717) is 22.2 Å². The molecule has 0 spiro atoms. The van der Waals surface area contributed by atoms with E-state index in [-0.39, 0.29) is 11.0 Å². The number of thiocarbonyl (C=S) groups is 1. The van der Waals surface area contributed by atoms with Gasteiger partial charge in [-0.05, 0) is 61.5 Å². The molecule has 3 rings (SSSR count). The van der Waals surface area contributed by atoms with Gasteiger partial charge >= 0.3 is 0 Å². The van der Waals surface area contributed by atoms with Crippen LogP contribution in [-0.4, -0.2) is 22.6 Å². The van der Waals surface area contributed by atoms with Crippen molar-refractivity contribution in [1.29, 1.82) is 0 Å². The number of hydrazone groups is 1. The number of anilines is 1. The predicted octanol–water partition coefficient (Wildman–Crippen LogP) is 3.70. The Hall–Kier alpha value is -3.03. The quantitative estimate of drug-likeness (QED) is 0.348. The molecule has 2 aromatic carbocycles. The summed E-state index contributed by atoms with van der Waals surface area (Å²) in [7, 11) is 0. The molecule has 0 saturated carbocycles. The van der Waals surface area contributed by atoms with Crippen molar-refractivity contribution in [2.45, 2.75) is 13.8 Å². The molecule has 1 amide bonds. The van der Waals surface area contributed by atoms with Gasteiger partial charge in [0.1, 0.15) is 11.5 Å². The Labute approximate surface area is 173 Å². The fraction of sp³-hybridized carbons (Fsp3) is 0.100. The highest BCUT2D eigenvalue weighted by Crippen LogP contribution is 2.27. The number of nitrogens with zero attached hydrogens (tertiary/aromatic N) is 3. The zero-order valence-corrected chi connectivity index (χ0v) is 16.9. The number of nitrogens with one attached hydrogen (secondary N) is 1. The highest BCUT2D eigenvalue weighted by atomic mass is 35.5. The van der Waals surface area contributed by atoms with Crippen molar-refractivity contribution in [3.63, 3.8) is 0 Å². The highest BCUT2D eigenvalue weighted by molar-refractivity contribution is 7.80. The average Bonchev–Trinajstić information content (AvgIpc) is 2.95. The smallest absolute Gasteiger partial charge is 0.282 e. The topological polar surface area (TPSA) is 83.1 Å². The molecule has 0 unspecified atom stereocenters. The number of rotatable bonds is 4. The second kappa shape index (κ2) is 8.33. The van der Waals surface area contributed by atoms with Gasteiger partial charge in [-0.2, -0.15) is 5.10 Å². The fourth-order valence-corrected chi connectivity index (χ4v) is 2.96. The second-order valence-electron chi connectivity index (χ2n) is 6.07. The normalized spacial score (nSPS) is 15.8. The number of amides is 1. The van der Waals surface area contributed by atoms with E-state index in [1.807, 2.05) is 49.4 Å². The molecule has 6 nitrogen and oxygen atoms in total. The molecule has 0 aliphatic carbocycles. The van der Waals surface area contributed by atoms with Crippen molar-refractivity contribution in [2.24, 2.45) is 15.8 Å². The van der Waals surface area contributed by atoms with E-state index in [4.69, 9.17) is 29.6 Å². The third-order valence-corrected chi connectivity index (χ3v) is 4.54. The molecule has 2 aromatic rings. The first-order chi connectivity index (χ1) is 13.4. The van der Waals surface area contributed by atoms with Crippen LogP contribution in [0.5, 0.6) is 0 Å². The largest absolute Gasteiger partial charge is 0.375 e. The lowest BCUT2D eigenvalue weighted by Gasteiger charge is -2.16. The number of halogens is 1. The Morgan fingerprint density at radius 3 is 2.57 bits per heavy atom. The van der Waals surface area contributed by atoms with Crippen molar-refractivity contribution in [3.05, 3.63) is 70.4 Å². The summed E-state index contributed by atoms with van der Waals surface area (Å²) >= 11 is 10.9. The first-order valence-corrected chi connectivity index (χ1v) is 9.21. The van der Waals surface area contributed by atoms with Gasteiger partial charge in [0.15, 0.2) is 5.11 Å². The Morgan fingerprint density at radius 1 is 1.25 bits per heavy atom. The fourth-order valence-electron chi connectivity index (χ4n) is 2.73. The SMILES string of the molecule is CC1=N/C(=C/c2ccccc2Cl)C(=O)N1c1ccc(/C(C)=N/NC(N)=S)cc1. The average molecular weight is 412 g/mol. The summed E-state index contributed by atoms with van der Waals surface area (Å²) in [5.41, 5.74) is 11.3. The lowest BCUT2D eigenvalue weighted by atomic mass is 10.1. The van der Waals surface area contributed by atoms with E-state index in [1.54, 1.807) is 24.0 Å². The Balaban J connectivity index is 1.84. The van der Waals surface area contributed by atoms with Crippen LogP contribution in [0.3, 0.4) is 0 Å². The number of benzene rings is 2. The molecular formula is C20H18ClN5OS. The van der Waals surface area contributed by atoms with Crippen LogP contribution in [0, 0.1) is 0 Å². The molecule has 0 bridgehead atoms. The Morgan fingerprint density at radius 2 is 1.93 bits per heavy atom. The van der Waals surface area contributed by atoms with Crippen LogP contribution in [0.4, 0.5) is 5.69 Å². The molecule has 142 valence electrons. The summed E-state index contributed by atoms with van der Waals surface area (Å²) < 4.78 is 0. The van der Waals surface area contributed by atoms with E-state index < -0.39 is 0 Å². The van der Waals surface area contributed by atoms with Crippen molar-refractivity contribution < 1.29 is 4.79 Å². The Kier molecular flexibility index (Phi) is 5.87. The number of hydrogen-bond acceptors (Lipinski definition) is 4. The summed E-state index contributed by atoms with van der Waals surface area (Å²) in [5.74, 6) is 0.391. The van der Waals surface area contributed by atoms with Crippen molar-refractivity contribution in [1.82, 2.24) is 5.43 Å². The third-order valence-electron chi connectivity index (χ3n) is 4.10. The summed E-state index contributed by atoms with van der Waals surface area (Å²) in [4.78, 5) is 18.8. The van der Waals surface area contributed by atoms with Gasteiger partial charge in [0.25, 0.3) is 5.91 Å². The first kappa shape index (κ1) is 19.7. The van der Waals surface area contributed by atoms with E-state index >= 15 is 0 Å². The van der Waals surface area contributed by atoms with Gasteiger partial charge in [-0.1, -0.05) is 41.9 Å².